The predicted molar refractivity (Wildman–Crippen MR) is 170 cm³/mol. The summed E-state index contributed by atoms with van der Waals surface area (Å²) < 4.78 is 78.7. The Balaban J connectivity index is 0. The minimum atomic E-state index is -5.10. The SMILES string of the molecule is C=C(C)S(=O)(=O)N(c1nccc(Cc2ccc(NC(=O)C(F)(F)F)cc2F)c1CBr)C(C)C.C=C/C=C\C.CC.CC. The van der Waals surface area contributed by atoms with Gasteiger partial charge >= 0.3 is 12.1 Å². The first kappa shape index (κ1) is 41.1. The normalized spacial score (nSPS) is 10.8. The number of alkyl halides is 4. The second-order valence-corrected chi connectivity index (χ2v) is 10.8. The molecule has 1 aromatic heterocycles. The van der Waals surface area contributed by atoms with E-state index in [9.17, 15) is 30.8 Å². The molecule has 236 valence electrons. The molecule has 2 rings (SSSR count). The number of sulfonamides is 1. The van der Waals surface area contributed by atoms with E-state index in [1.807, 2.05) is 46.8 Å². The number of allylic oxidation sites excluding steroid dienone is 4. The lowest BCUT2D eigenvalue weighted by Crippen LogP contribution is -2.38. The number of carbonyl (C=O) groups is 1. The molecule has 0 fully saturated rings. The summed E-state index contributed by atoms with van der Waals surface area (Å²) in [7, 11) is -3.90. The maximum Gasteiger partial charge on any atom is 0.471 e. The summed E-state index contributed by atoms with van der Waals surface area (Å²) in [5.74, 6) is -2.87. The first-order valence-corrected chi connectivity index (χ1v) is 15.8. The summed E-state index contributed by atoms with van der Waals surface area (Å²) in [5.41, 5.74) is 0.863. The van der Waals surface area contributed by atoms with Crippen molar-refractivity contribution in [3.8, 4) is 0 Å². The highest BCUT2D eigenvalue weighted by Crippen LogP contribution is 2.31. The Kier molecular flexibility index (Phi) is 19.6. The summed E-state index contributed by atoms with van der Waals surface area (Å²) in [5, 5.41) is 1.81. The Morgan fingerprint density at radius 2 is 1.71 bits per heavy atom. The molecule has 0 atom stereocenters. The quantitative estimate of drug-likeness (QED) is 0.163. The van der Waals surface area contributed by atoms with E-state index in [0.29, 0.717) is 11.1 Å². The minimum absolute atomic E-state index is 0.00877. The minimum Gasteiger partial charge on any atom is -0.318 e. The van der Waals surface area contributed by atoms with Crippen LogP contribution in [-0.4, -0.2) is 31.5 Å². The standard InChI is InChI=1S/C21H22BrF4N3O3S.C5H8.2C2H6/c1-12(2)29(33(31,32)13(3)4)19-17(11-22)14(7-8-27-19)9-15-5-6-16(10-18(15)23)28-20(30)21(24,25)26;1-3-5-4-2;2*1-2/h5-8,10,12H,3,9,11H2,1-2,4H3,(H,28,30);3-5H,1H2,2H3;2*1-2H3/b;5-4-;;. The molecular formula is C30H42BrF4N3O3S. The van der Waals surface area contributed by atoms with Gasteiger partial charge in [-0.1, -0.05) is 81.1 Å². The van der Waals surface area contributed by atoms with Gasteiger partial charge < -0.3 is 5.32 Å². The number of amides is 1. The van der Waals surface area contributed by atoms with E-state index in [2.05, 4.69) is 34.1 Å². The van der Waals surface area contributed by atoms with Crippen LogP contribution in [0.1, 0.15) is 72.1 Å². The van der Waals surface area contributed by atoms with Crippen molar-refractivity contribution >= 4 is 43.4 Å². The molecule has 1 aromatic carbocycles. The average Bonchev–Trinajstić information content (AvgIpc) is 2.92. The highest BCUT2D eigenvalue weighted by Gasteiger charge is 2.38. The van der Waals surface area contributed by atoms with E-state index in [1.54, 1.807) is 31.3 Å². The van der Waals surface area contributed by atoms with Crippen molar-refractivity contribution in [2.75, 3.05) is 9.62 Å². The number of pyridine rings is 1. The molecule has 0 saturated carbocycles. The molecule has 1 amide bonds. The molecule has 0 unspecified atom stereocenters. The fraction of sp³-hybridized carbons (Fsp3) is 0.400. The molecule has 6 nitrogen and oxygen atoms in total. The van der Waals surface area contributed by atoms with Crippen LogP contribution in [-0.2, 0) is 26.6 Å². The van der Waals surface area contributed by atoms with Crippen LogP contribution < -0.4 is 9.62 Å². The van der Waals surface area contributed by atoms with Crippen molar-refractivity contribution in [1.82, 2.24) is 4.98 Å². The Morgan fingerprint density at radius 3 is 2.10 bits per heavy atom. The monoisotopic (exact) mass is 679 g/mol. The van der Waals surface area contributed by atoms with Gasteiger partial charge in [-0.25, -0.2) is 22.1 Å². The fourth-order valence-electron chi connectivity index (χ4n) is 3.14. The molecule has 1 N–H and O–H groups in total. The summed E-state index contributed by atoms with van der Waals surface area (Å²) in [6.45, 7) is 21.7. The van der Waals surface area contributed by atoms with Gasteiger partial charge in [0.1, 0.15) is 11.6 Å². The smallest absolute Gasteiger partial charge is 0.318 e. The number of rotatable bonds is 9. The number of hydrogen-bond donors (Lipinski definition) is 1. The molecule has 0 radical (unpaired) electrons. The first-order valence-electron chi connectivity index (χ1n) is 13.2. The van der Waals surface area contributed by atoms with E-state index in [4.69, 9.17) is 0 Å². The highest BCUT2D eigenvalue weighted by atomic mass is 79.9. The summed E-state index contributed by atoms with van der Waals surface area (Å²) >= 11 is 3.34. The third-order valence-corrected chi connectivity index (χ3v) is 7.47. The maximum absolute atomic E-state index is 14.6. The van der Waals surface area contributed by atoms with Crippen LogP contribution in [0.2, 0.25) is 0 Å². The molecular weight excluding hydrogens is 638 g/mol. The summed E-state index contributed by atoms with van der Waals surface area (Å²) in [6, 6.07) is 4.32. The third kappa shape index (κ3) is 12.5. The molecule has 0 aliphatic carbocycles. The van der Waals surface area contributed by atoms with Crippen LogP contribution >= 0.6 is 15.9 Å². The lowest BCUT2D eigenvalue weighted by molar-refractivity contribution is -0.167. The zero-order chi connectivity index (χ0) is 33.3. The molecule has 1 heterocycles. The van der Waals surface area contributed by atoms with Crippen LogP contribution in [0.4, 0.5) is 29.1 Å². The van der Waals surface area contributed by atoms with Crippen LogP contribution in [0.3, 0.4) is 0 Å². The van der Waals surface area contributed by atoms with Crippen molar-refractivity contribution in [2.45, 2.75) is 79.4 Å². The fourth-order valence-corrected chi connectivity index (χ4v) is 5.02. The van der Waals surface area contributed by atoms with Gasteiger partial charge in [-0.3, -0.25) is 4.79 Å². The van der Waals surface area contributed by atoms with Gasteiger partial charge in [-0.15, -0.1) is 0 Å². The van der Waals surface area contributed by atoms with Crippen molar-refractivity contribution in [3.63, 3.8) is 0 Å². The van der Waals surface area contributed by atoms with Gasteiger partial charge in [0, 0.05) is 35.2 Å². The van der Waals surface area contributed by atoms with Gasteiger partial charge in [0.15, 0.2) is 0 Å². The molecule has 12 heteroatoms. The summed E-state index contributed by atoms with van der Waals surface area (Å²) in [6.07, 6.45) is 1.89. The van der Waals surface area contributed by atoms with Crippen molar-refractivity contribution in [1.29, 1.82) is 0 Å². The van der Waals surface area contributed by atoms with Crippen molar-refractivity contribution in [2.24, 2.45) is 0 Å². The van der Waals surface area contributed by atoms with Gasteiger partial charge in [0.2, 0.25) is 0 Å². The number of nitrogens with one attached hydrogen (secondary N) is 1. The second kappa shape index (κ2) is 20.0. The maximum atomic E-state index is 14.6. The summed E-state index contributed by atoms with van der Waals surface area (Å²) in [4.78, 5) is 15.2. The van der Waals surface area contributed by atoms with Crippen molar-refractivity contribution < 1.29 is 30.8 Å². The van der Waals surface area contributed by atoms with Gasteiger partial charge in [-0.05, 0) is 57.0 Å². The Hall–Kier alpha value is -2.99. The zero-order valence-electron chi connectivity index (χ0n) is 25.4. The molecule has 2 aromatic rings. The number of halogens is 5. The molecule has 0 spiro atoms. The number of benzene rings is 1. The molecule has 0 aliphatic rings. The van der Waals surface area contributed by atoms with Gasteiger partial charge in [0.05, 0.1) is 4.91 Å². The van der Waals surface area contributed by atoms with Gasteiger partial charge in [-0.2, -0.15) is 13.2 Å². The zero-order valence-corrected chi connectivity index (χ0v) is 27.8. The number of anilines is 2. The Bertz CT molecular complexity index is 1300. The molecule has 0 saturated heterocycles. The van der Waals surface area contributed by atoms with Gasteiger partial charge in [0.25, 0.3) is 10.0 Å². The number of carbonyl (C=O) groups excluding carboxylic acids is 1. The first-order chi connectivity index (χ1) is 19.6. The number of aromatic nitrogens is 1. The predicted octanol–water partition coefficient (Wildman–Crippen LogP) is 9.09. The van der Waals surface area contributed by atoms with E-state index in [0.717, 1.165) is 16.4 Å². The largest absolute Gasteiger partial charge is 0.471 e. The lowest BCUT2D eigenvalue weighted by atomic mass is 10.0. The van der Waals surface area contributed by atoms with Crippen LogP contribution in [0.5, 0.6) is 0 Å². The second-order valence-electron chi connectivity index (χ2n) is 8.20. The van der Waals surface area contributed by atoms with Crippen LogP contribution in [0.25, 0.3) is 0 Å². The molecule has 42 heavy (non-hydrogen) atoms. The van der Waals surface area contributed by atoms with Crippen molar-refractivity contribution in [3.05, 3.63) is 89.3 Å². The highest BCUT2D eigenvalue weighted by molar-refractivity contribution is 9.08. The Morgan fingerprint density at radius 1 is 1.14 bits per heavy atom. The van der Waals surface area contributed by atoms with E-state index >= 15 is 0 Å². The Labute approximate surface area is 256 Å². The molecule has 0 bridgehead atoms. The van der Waals surface area contributed by atoms with Crippen LogP contribution in [0.15, 0.2) is 66.8 Å². The van der Waals surface area contributed by atoms with E-state index < -0.39 is 34.0 Å². The topological polar surface area (TPSA) is 79.4 Å². The van der Waals surface area contributed by atoms with Crippen LogP contribution in [0, 0.1) is 5.82 Å². The molecule has 0 aliphatic heterocycles. The third-order valence-electron chi connectivity index (χ3n) is 4.92. The average molecular weight is 681 g/mol. The van der Waals surface area contributed by atoms with E-state index in [-0.39, 0.29) is 33.7 Å². The number of nitrogens with zero attached hydrogens (tertiary/aromatic N) is 2. The lowest BCUT2D eigenvalue weighted by Gasteiger charge is -2.29. The van der Waals surface area contributed by atoms with E-state index in [1.165, 1.54) is 19.2 Å². The number of hydrogen-bond acceptors (Lipinski definition) is 4.